The van der Waals surface area contributed by atoms with Gasteiger partial charge >= 0.3 is 5.69 Å². The van der Waals surface area contributed by atoms with E-state index >= 15 is 0 Å². The van der Waals surface area contributed by atoms with E-state index in [9.17, 15) is 10.1 Å². The number of fused-ring (bicyclic) bond motifs is 3. The Bertz CT molecular complexity index is 1270. The molecule has 2 aromatic heterocycles. The first-order chi connectivity index (χ1) is 14.0. The Hall–Kier alpha value is -3.86. The third-order valence-electron chi connectivity index (χ3n) is 4.19. The Morgan fingerprint density at radius 2 is 2.00 bits per heavy atom. The molecule has 11 heteroatoms. The second kappa shape index (κ2) is 7.28. The lowest BCUT2D eigenvalue weighted by atomic mass is 10.2. The van der Waals surface area contributed by atoms with Crippen molar-refractivity contribution in [3.8, 4) is 5.75 Å². The minimum Gasteiger partial charge on any atom is -0.490 e. The number of hydrogen-bond donors (Lipinski definition) is 2. The van der Waals surface area contributed by atoms with Gasteiger partial charge in [-0.05, 0) is 24.3 Å². The Morgan fingerprint density at radius 3 is 2.72 bits per heavy atom. The molecule has 0 radical (unpaired) electrons. The van der Waals surface area contributed by atoms with Crippen LogP contribution >= 0.6 is 11.3 Å². The number of nitrogens with zero attached hydrogens (tertiary/aromatic N) is 4. The van der Waals surface area contributed by atoms with Crippen LogP contribution < -0.4 is 10.1 Å². The number of nitrogens with one attached hydrogen (secondary N) is 2. The van der Waals surface area contributed by atoms with E-state index in [0.717, 1.165) is 4.70 Å². The lowest BCUT2D eigenvalue weighted by Crippen LogP contribution is -1.99. The van der Waals surface area contributed by atoms with E-state index in [1.807, 2.05) is 6.07 Å². The fourth-order valence-corrected chi connectivity index (χ4v) is 3.89. The van der Waals surface area contributed by atoms with Gasteiger partial charge in [0.2, 0.25) is 5.90 Å². The van der Waals surface area contributed by atoms with Crippen LogP contribution in [0.2, 0.25) is 0 Å². The lowest BCUT2D eigenvalue weighted by molar-refractivity contribution is -0.385. The quantitative estimate of drug-likeness (QED) is 0.219. The Morgan fingerprint density at radius 1 is 1.21 bits per heavy atom. The molecule has 0 aliphatic rings. The number of nitro benzene ring substituents is 1. The maximum absolute atomic E-state index is 11.3. The molecule has 0 spiro atoms. The van der Waals surface area contributed by atoms with Crippen molar-refractivity contribution < 1.29 is 14.4 Å². The van der Waals surface area contributed by atoms with Crippen LogP contribution in [0.1, 0.15) is 5.01 Å². The molecule has 0 unspecified atom stereocenters. The number of rotatable bonds is 5. The zero-order valence-corrected chi connectivity index (χ0v) is 16.1. The van der Waals surface area contributed by atoms with Gasteiger partial charge in [0, 0.05) is 11.8 Å². The zero-order chi connectivity index (χ0) is 20.5. The highest BCUT2D eigenvalue weighted by Gasteiger charge is 2.18. The molecule has 29 heavy (non-hydrogen) atoms. The fraction of sp³-hybridized carbons (Fsp3) is 0.111. The molecule has 10 nitrogen and oxygen atoms in total. The zero-order valence-electron chi connectivity index (χ0n) is 15.3. The molecule has 146 valence electrons. The van der Waals surface area contributed by atoms with Crippen molar-refractivity contribution in [2.24, 2.45) is 0 Å². The maximum atomic E-state index is 11.3. The molecule has 0 fully saturated rings. The summed E-state index contributed by atoms with van der Waals surface area (Å²) >= 11 is 1.29. The Balaban J connectivity index is 1.86. The number of thiazole rings is 1. The first kappa shape index (κ1) is 18.5. The van der Waals surface area contributed by atoms with Crippen molar-refractivity contribution in [3.63, 3.8) is 0 Å². The molecule has 0 aliphatic heterocycles. The van der Waals surface area contributed by atoms with Gasteiger partial charge in [0.1, 0.15) is 12.1 Å². The average molecular weight is 410 g/mol. The summed E-state index contributed by atoms with van der Waals surface area (Å²) in [6.07, 6.45) is 1.41. The summed E-state index contributed by atoms with van der Waals surface area (Å²) in [6, 6.07) is 8.19. The molecule has 0 atom stereocenters. The van der Waals surface area contributed by atoms with Crippen LogP contribution in [0.5, 0.6) is 5.75 Å². The molecular formula is C18H14N6O4S. The monoisotopic (exact) mass is 410 g/mol. The number of nitro groups is 1. The van der Waals surface area contributed by atoms with Crippen molar-refractivity contribution in [2.75, 3.05) is 19.5 Å². The van der Waals surface area contributed by atoms with Crippen LogP contribution in [-0.4, -0.2) is 40.0 Å². The highest BCUT2D eigenvalue weighted by Crippen LogP contribution is 2.36. The van der Waals surface area contributed by atoms with Crippen LogP contribution in [0.15, 0.2) is 36.7 Å². The normalized spacial score (nSPS) is 10.8. The van der Waals surface area contributed by atoms with Gasteiger partial charge in [-0.15, -0.1) is 11.3 Å². The van der Waals surface area contributed by atoms with E-state index in [4.69, 9.17) is 14.9 Å². The van der Waals surface area contributed by atoms with Gasteiger partial charge in [-0.3, -0.25) is 15.5 Å². The van der Waals surface area contributed by atoms with E-state index in [-0.39, 0.29) is 17.3 Å². The van der Waals surface area contributed by atoms with Crippen molar-refractivity contribution in [1.29, 1.82) is 5.41 Å². The molecule has 0 saturated heterocycles. The second-order valence-corrected chi connectivity index (χ2v) is 6.85. The summed E-state index contributed by atoms with van der Waals surface area (Å²) in [4.78, 5) is 23.8. The van der Waals surface area contributed by atoms with Gasteiger partial charge in [0.05, 0.1) is 40.3 Å². The fourth-order valence-electron chi connectivity index (χ4n) is 2.86. The van der Waals surface area contributed by atoms with Crippen LogP contribution in [-0.2, 0) is 4.74 Å². The van der Waals surface area contributed by atoms with Crippen LogP contribution in [0.25, 0.3) is 21.1 Å². The number of methoxy groups -OCH3 is 2. The first-order valence-corrected chi connectivity index (χ1v) is 9.10. The molecule has 2 heterocycles. The van der Waals surface area contributed by atoms with Crippen LogP contribution in [0, 0.1) is 15.5 Å². The van der Waals surface area contributed by atoms with Gasteiger partial charge < -0.3 is 14.8 Å². The summed E-state index contributed by atoms with van der Waals surface area (Å²) in [7, 11) is 2.79. The molecule has 0 bridgehead atoms. The Labute approximate surface area is 167 Å². The minimum atomic E-state index is -0.508. The SMILES string of the molecule is COC(=N)c1nc2ccc3ncnc(Nc4ccc(OC)c([N+](=O)[O-])c4)c3c2s1. The van der Waals surface area contributed by atoms with E-state index in [1.54, 1.807) is 12.1 Å². The number of hydrogen-bond acceptors (Lipinski definition) is 10. The first-order valence-electron chi connectivity index (χ1n) is 8.28. The third-order valence-corrected chi connectivity index (χ3v) is 5.28. The molecule has 0 saturated carbocycles. The van der Waals surface area contributed by atoms with Crippen LogP contribution in [0.4, 0.5) is 17.2 Å². The Kier molecular flexibility index (Phi) is 4.64. The average Bonchev–Trinajstić information content (AvgIpc) is 3.17. The number of benzene rings is 2. The van der Waals surface area contributed by atoms with Gasteiger partial charge in [-0.2, -0.15) is 0 Å². The highest BCUT2D eigenvalue weighted by molar-refractivity contribution is 7.21. The number of ether oxygens (including phenoxy) is 2. The van der Waals surface area contributed by atoms with E-state index in [0.29, 0.717) is 32.9 Å². The molecule has 4 rings (SSSR count). The maximum Gasteiger partial charge on any atom is 0.312 e. The smallest absolute Gasteiger partial charge is 0.312 e. The predicted octanol–water partition coefficient (Wildman–Crippen LogP) is 3.87. The molecular weight excluding hydrogens is 396 g/mol. The minimum absolute atomic E-state index is 0.0310. The second-order valence-electron chi connectivity index (χ2n) is 5.85. The molecule has 2 aromatic carbocycles. The van der Waals surface area contributed by atoms with Crippen LogP contribution in [0.3, 0.4) is 0 Å². The predicted molar refractivity (Wildman–Crippen MR) is 109 cm³/mol. The number of anilines is 2. The van der Waals surface area contributed by atoms with Gasteiger partial charge in [0.25, 0.3) is 0 Å². The van der Waals surface area contributed by atoms with Gasteiger partial charge in [-0.25, -0.2) is 15.0 Å². The molecule has 0 amide bonds. The summed E-state index contributed by atoms with van der Waals surface area (Å²) in [6.45, 7) is 0. The van der Waals surface area contributed by atoms with Crippen molar-refractivity contribution in [3.05, 3.63) is 51.8 Å². The van der Waals surface area contributed by atoms with Gasteiger partial charge in [-0.1, -0.05) is 0 Å². The molecule has 2 N–H and O–H groups in total. The van der Waals surface area contributed by atoms with Gasteiger partial charge in [0.15, 0.2) is 10.8 Å². The topological polar surface area (TPSA) is 136 Å². The van der Waals surface area contributed by atoms with Crippen molar-refractivity contribution >= 4 is 55.5 Å². The van der Waals surface area contributed by atoms with E-state index in [1.165, 1.54) is 44.0 Å². The number of aromatic nitrogens is 3. The summed E-state index contributed by atoms with van der Waals surface area (Å²) in [5.41, 5.74) is 1.67. The van der Waals surface area contributed by atoms with Crippen molar-refractivity contribution in [2.45, 2.75) is 0 Å². The van der Waals surface area contributed by atoms with E-state index < -0.39 is 4.92 Å². The standard InChI is InChI=1S/C18H14N6O4S/c1-27-13-6-3-9(7-12(13)24(25)26)22-17-14-10(20-8-21-17)4-5-11-15(14)29-18(23-11)16(19)28-2/h3-8,19H,1-2H3,(H,20,21,22). The highest BCUT2D eigenvalue weighted by atomic mass is 32.1. The van der Waals surface area contributed by atoms with E-state index in [2.05, 4.69) is 20.3 Å². The largest absolute Gasteiger partial charge is 0.490 e. The summed E-state index contributed by atoms with van der Waals surface area (Å²) in [5.74, 6) is 0.608. The molecule has 4 aromatic rings. The lowest BCUT2D eigenvalue weighted by Gasteiger charge is -2.10. The summed E-state index contributed by atoms with van der Waals surface area (Å²) in [5, 5.41) is 23.4. The third kappa shape index (κ3) is 3.27. The summed E-state index contributed by atoms with van der Waals surface area (Å²) < 4.78 is 10.8. The van der Waals surface area contributed by atoms with Crippen molar-refractivity contribution in [1.82, 2.24) is 15.0 Å². The molecule has 0 aliphatic carbocycles.